The summed E-state index contributed by atoms with van der Waals surface area (Å²) >= 11 is 0. The predicted molar refractivity (Wildman–Crippen MR) is 67.3 cm³/mol. The zero-order chi connectivity index (χ0) is 12.4. The maximum Gasteiger partial charge on any atom is 0.234 e. The standard InChI is InChI=1S/C14H16O3/c1-9(2)6-7-10-4-3-5-12-13(10)14(16)11(15)8-17-12/h3-5,8-9,15H,6-7H2,1-2H3. The molecule has 2 rings (SSSR count). The first-order valence-corrected chi connectivity index (χ1v) is 5.82. The lowest BCUT2D eigenvalue weighted by Crippen LogP contribution is -2.04. The summed E-state index contributed by atoms with van der Waals surface area (Å²) in [5.41, 5.74) is 1.14. The average Bonchev–Trinajstić information content (AvgIpc) is 2.31. The molecule has 0 radical (unpaired) electrons. The van der Waals surface area contributed by atoms with Gasteiger partial charge in [-0.15, -0.1) is 0 Å². The second kappa shape index (κ2) is 4.62. The van der Waals surface area contributed by atoms with Crippen LogP contribution in [0.2, 0.25) is 0 Å². The van der Waals surface area contributed by atoms with Crippen molar-refractivity contribution < 1.29 is 9.52 Å². The molecule has 0 bridgehead atoms. The maximum atomic E-state index is 11.9. The fourth-order valence-corrected chi connectivity index (χ4v) is 1.89. The number of fused-ring (bicyclic) bond motifs is 1. The molecule has 1 N–H and O–H groups in total. The van der Waals surface area contributed by atoms with Crippen molar-refractivity contribution in [3.8, 4) is 5.75 Å². The summed E-state index contributed by atoms with van der Waals surface area (Å²) in [6.45, 7) is 4.29. The molecule has 0 fully saturated rings. The molecule has 0 spiro atoms. The first-order valence-electron chi connectivity index (χ1n) is 5.82. The van der Waals surface area contributed by atoms with Crippen LogP contribution in [0.4, 0.5) is 0 Å². The van der Waals surface area contributed by atoms with Crippen LogP contribution in [0.1, 0.15) is 25.8 Å². The van der Waals surface area contributed by atoms with E-state index in [1.165, 1.54) is 0 Å². The number of benzene rings is 1. The van der Waals surface area contributed by atoms with Gasteiger partial charge in [0.15, 0.2) is 5.75 Å². The smallest absolute Gasteiger partial charge is 0.234 e. The molecule has 0 aliphatic heterocycles. The van der Waals surface area contributed by atoms with Gasteiger partial charge >= 0.3 is 0 Å². The summed E-state index contributed by atoms with van der Waals surface area (Å²) in [5.74, 6) is 0.254. The summed E-state index contributed by atoms with van der Waals surface area (Å²) in [5, 5.41) is 9.92. The molecule has 2 aromatic rings. The molecular formula is C14H16O3. The predicted octanol–water partition coefficient (Wildman–Crippen LogP) is 3.09. The highest BCUT2D eigenvalue weighted by atomic mass is 16.3. The van der Waals surface area contributed by atoms with Crippen molar-refractivity contribution in [3.63, 3.8) is 0 Å². The molecule has 0 atom stereocenters. The highest BCUT2D eigenvalue weighted by Gasteiger charge is 2.10. The zero-order valence-electron chi connectivity index (χ0n) is 10.1. The van der Waals surface area contributed by atoms with Crippen molar-refractivity contribution in [1.29, 1.82) is 0 Å². The molecule has 0 amide bonds. The van der Waals surface area contributed by atoms with Crippen LogP contribution in [0.3, 0.4) is 0 Å². The van der Waals surface area contributed by atoms with E-state index in [2.05, 4.69) is 13.8 Å². The van der Waals surface area contributed by atoms with E-state index in [0.29, 0.717) is 16.9 Å². The fourth-order valence-electron chi connectivity index (χ4n) is 1.89. The van der Waals surface area contributed by atoms with Gasteiger partial charge in [0.25, 0.3) is 0 Å². The molecule has 0 aliphatic rings. The molecule has 3 nitrogen and oxygen atoms in total. The lowest BCUT2D eigenvalue weighted by Gasteiger charge is -2.07. The first-order chi connectivity index (χ1) is 8.09. The Hall–Kier alpha value is -1.77. The minimum absolute atomic E-state index is 0.325. The van der Waals surface area contributed by atoms with Crippen LogP contribution in [-0.2, 0) is 6.42 Å². The Bertz CT molecular complexity index is 582. The molecule has 0 unspecified atom stereocenters. The van der Waals surface area contributed by atoms with Crippen molar-refractivity contribution in [2.45, 2.75) is 26.7 Å². The molecule has 1 aromatic carbocycles. The Kier molecular flexibility index (Phi) is 3.18. The molecule has 0 saturated heterocycles. The van der Waals surface area contributed by atoms with E-state index < -0.39 is 0 Å². The van der Waals surface area contributed by atoms with Crippen LogP contribution >= 0.6 is 0 Å². The Morgan fingerprint density at radius 3 is 2.82 bits per heavy atom. The van der Waals surface area contributed by atoms with Gasteiger partial charge in [-0.25, -0.2) is 0 Å². The lowest BCUT2D eigenvalue weighted by atomic mass is 9.99. The molecule has 0 saturated carbocycles. The largest absolute Gasteiger partial charge is 0.502 e. The Morgan fingerprint density at radius 2 is 2.12 bits per heavy atom. The Labute approximate surface area is 99.7 Å². The van der Waals surface area contributed by atoms with Crippen LogP contribution in [0.15, 0.2) is 33.7 Å². The SMILES string of the molecule is CC(C)CCc1cccc2occ(O)c(=O)c12. The monoisotopic (exact) mass is 232 g/mol. The highest BCUT2D eigenvalue weighted by Crippen LogP contribution is 2.20. The molecule has 3 heteroatoms. The second-order valence-electron chi connectivity index (χ2n) is 4.67. The van der Waals surface area contributed by atoms with Gasteiger partial charge in [0.2, 0.25) is 5.43 Å². The molecule has 0 aliphatic carbocycles. The van der Waals surface area contributed by atoms with Gasteiger partial charge < -0.3 is 9.52 Å². The third-order valence-corrected chi connectivity index (χ3v) is 2.86. The quantitative estimate of drug-likeness (QED) is 0.884. The third-order valence-electron chi connectivity index (χ3n) is 2.86. The van der Waals surface area contributed by atoms with E-state index in [1.807, 2.05) is 12.1 Å². The van der Waals surface area contributed by atoms with Crippen LogP contribution in [0.5, 0.6) is 5.75 Å². The first kappa shape index (κ1) is 11.7. The van der Waals surface area contributed by atoms with Gasteiger partial charge in [-0.05, 0) is 30.4 Å². The molecule has 1 aromatic heterocycles. The van der Waals surface area contributed by atoms with Crippen LogP contribution in [0, 0.1) is 5.92 Å². The van der Waals surface area contributed by atoms with E-state index in [-0.39, 0.29) is 11.2 Å². The fraction of sp³-hybridized carbons (Fsp3) is 0.357. The van der Waals surface area contributed by atoms with E-state index >= 15 is 0 Å². The van der Waals surface area contributed by atoms with Gasteiger partial charge in [-0.3, -0.25) is 4.79 Å². The summed E-state index contributed by atoms with van der Waals surface area (Å²) in [7, 11) is 0. The van der Waals surface area contributed by atoms with Crippen LogP contribution < -0.4 is 5.43 Å². The Morgan fingerprint density at radius 1 is 1.35 bits per heavy atom. The number of hydrogen-bond acceptors (Lipinski definition) is 3. The number of aryl methyl sites for hydroxylation is 1. The number of rotatable bonds is 3. The van der Waals surface area contributed by atoms with Crippen molar-refractivity contribution >= 4 is 11.0 Å². The highest BCUT2D eigenvalue weighted by molar-refractivity contribution is 5.81. The van der Waals surface area contributed by atoms with E-state index in [1.54, 1.807) is 6.07 Å². The van der Waals surface area contributed by atoms with Crippen molar-refractivity contribution in [2.75, 3.05) is 0 Å². The van der Waals surface area contributed by atoms with Crippen molar-refractivity contribution in [2.24, 2.45) is 5.92 Å². The van der Waals surface area contributed by atoms with Crippen molar-refractivity contribution in [1.82, 2.24) is 0 Å². The van der Waals surface area contributed by atoms with Crippen molar-refractivity contribution in [3.05, 3.63) is 40.2 Å². The summed E-state index contributed by atoms with van der Waals surface area (Å²) in [4.78, 5) is 11.9. The minimum Gasteiger partial charge on any atom is -0.502 e. The Balaban J connectivity index is 2.55. The zero-order valence-corrected chi connectivity index (χ0v) is 10.1. The second-order valence-corrected chi connectivity index (χ2v) is 4.67. The molecular weight excluding hydrogens is 216 g/mol. The molecule has 1 heterocycles. The van der Waals surface area contributed by atoms with Crippen LogP contribution in [-0.4, -0.2) is 5.11 Å². The lowest BCUT2D eigenvalue weighted by molar-refractivity contribution is 0.442. The number of hydrogen-bond donors (Lipinski definition) is 1. The van der Waals surface area contributed by atoms with E-state index in [4.69, 9.17) is 4.42 Å². The topological polar surface area (TPSA) is 50.4 Å². The van der Waals surface area contributed by atoms with E-state index in [9.17, 15) is 9.90 Å². The number of aromatic hydroxyl groups is 1. The van der Waals surface area contributed by atoms with Crippen LogP contribution in [0.25, 0.3) is 11.0 Å². The summed E-state index contributed by atoms with van der Waals surface area (Å²) in [6, 6.07) is 5.54. The van der Waals surface area contributed by atoms with Gasteiger partial charge in [0, 0.05) is 0 Å². The maximum absolute atomic E-state index is 11.9. The average molecular weight is 232 g/mol. The summed E-state index contributed by atoms with van der Waals surface area (Å²) < 4.78 is 5.22. The normalized spacial score (nSPS) is 11.2. The summed E-state index contributed by atoms with van der Waals surface area (Å²) in [6.07, 6.45) is 2.92. The third kappa shape index (κ3) is 2.33. The molecule has 90 valence electrons. The van der Waals surface area contributed by atoms with E-state index in [0.717, 1.165) is 24.7 Å². The molecule has 17 heavy (non-hydrogen) atoms. The van der Waals surface area contributed by atoms with Gasteiger partial charge in [0.1, 0.15) is 11.8 Å². The van der Waals surface area contributed by atoms with Gasteiger partial charge in [-0.2, -0.15) is 0 Å². The van der Waals surface area contributed by atoms with Gasteiger partial charge in [0.05, 0.1) is 5.39 Å². The minimum atomic E-state index is -0.342. The van der Waals surface area contributed by atoms with Gasteiger partial charge in [-0.1, -0.05) is 26.0 Å².